The third-order valence-corrected chi connectivity index (χ3v) is 3.16. The minimum absolute atomic E-state index is 0.0411. The first kappa shape index (κ1) is 12.7. The molecule has 0 aliphatic rings. The van der Waals surface area contributed by atoms with E-state index in [-0.39, 0.29) is 11.3 Å². The number of hydrogen-bond acceptors (Lipinski definition) is 4. The molecule has 1 unspecified atom stereocenters. The maximum Gasteiger partial charge on any atom is 0.190 e. The van der Waals surface area contributed by atoms with E-state index in [2.05, 4.69) is 15.0 Å². The van der Waals surface area contributed by atoms with Crippen LogP contribution in [0, 0.1) is 11.0 Å². The fourth-order valence-electron chi connectivity index (χ4n) is 2.14. The molecule has 4 N–H and O–H groups in total. The molecule has 3 aromatic rings. The minimum atomic E-state index is -1.20. The number of H-pyrrole nitrogens is 1. The zero-order valence-electron chi connectivity index (χ0n) is 10.2. The number of nitrogens with one attached hydrogen (secondary N) is 1. The molecule has 6 nitrogen and oxygen atoms in total. The van der Waals surface area contributed by atoms with Crippen molar-refractivity contribution in [1.82, 2.24) is 15.0 Å². The Labute approximate surface area is 112 Å². The first-order chi connectivity index (χ1) is 9.72. The number of halogens is 1. The number of aromatic amines is 1. The number of aliphatic hydroxyl groups is 1. The van der Waals surface area contributed by atoms with E-state index in [1.165, 1.54) is 24.5 Å². The van der Waals surface area contributed by atoms with Gasteiger partial charge in [-0.25, -0.2) is 9.97 Å². The molecule has 0 aliphatic carbocycles. The highest BCUT2D eigenvalue weighted by atomic mass is 19.1. The summed E-state index contributed by atoms with van der Waals surface area (Å²) in [7, 11) is 0. The molecule has 1 aromatic carbocycles. The highest BCUT2D eigenvalue weighted by molar-refractivity contribution is 5.79. The van der Waals surface area contributed by atoms with E-state index in [1.807, 2.05) is 0 Å². The summed E-state index contributed by atoms with van der Waals surface area (Å²) in [6, 6.07) is 4.32. The second-order valence-corrected chi connectivity index (χ2v) is 4.30. The molecule has 0 saturated carbocycles. The van der Waals surface area contributed by atoms with Crippen LogP contribution in [0.3, 0.4) is 0 Å². The van der Waals surface area contributed by atoms with Gasteiger partial charge in [0.15, 0.2) is 11.5 Å². The van der Waals surface area contributed by atoms with Crippen molar-refractivity contribution in [2.24, 2.45) is 0 Å². The molecule has 2 heterocycles. The monoisotopic (exact) mass is 274 g/mol. The maximum atomic E-state index is 14.1. The Kier molecular flexibility index (Phi) is 3.15. The number of hydrogen-bond donors (Lipinski definition) is 3. The van der Waals surface area contributed by atoms with Gasteiger partial charge in [-0.1, -0.05) is 12.1 Å². The van der Waals surface area contributed by atoms with Crippen molar-refractivity contribution in [3.05, 3.63) is 59.1 Å². The molecule has 0 spiro atoms. The van der Waals surface area contributed by atoms with Gasteiger partial charge in [0.1, 0.15) is 18.1 Å². The Morgan fingerprint density at radius 3 is 3.00 bits per heavy atom. The molecule has 7 heteroatoms. The van der Waals surface area contributed by atoms with Crippen molar-refractivity contribution in [2.75, 3.05) is 0 Å². The Balaban J connectivity index is 2.11. The third-order valence-electron chi connectivity index (χ3n) is 3.16. The lowest BCUT2D eigenvalue weighted by molar-refractivity contribution is -0.499. The van der Waals surface area contributed by atoms with Crippen LogP contribution in [0.2, 0.25) is 0 Å². The summed E-state index contributed by atoms with van der Waals surface area (Å²) in [5.74, 6) is -0.721. The largest absolute Gasteiger partial charge is 0.630 e. The number of rotatable bonds is 3. The number of quaternary nitrogens is 1. The van der Waals surface area contributed by atoms with Gasteiger partial charge in [-0.05, 0) is 0 Å². The lowest BCUT2D eigenvalue weighted by Gasteiger charge is -2.13. The van der Waals surface area contributed by atoms with Crippen molar-refractivity contribution in [2.45, 2.75) is 6.10 Å². The first-order valence-corrected chi connectivity index (χ1v) is 5.91. The number of fused-ring (bicyclic) bond motifs is 1. The lowest BCUT2D eigenvalue weighted by Crippen LogP contribution is -2.70. The zero-order valence-corrected chi connectivity index (χ0v) is 10.2. The molecule has 0 saturated heterocycles. The number of benzene rings is 1. The minimum Gasteiger partial charge on any atom is -0.630 e. The van der Waals surface area contributed by atoms with Crippen LogP contribution in [-0.4, -0.2) is 20.1 Å². The Morgan fingerprint density at radius 2 is 2.20 bits per heavy atom. The van der Waals surface area contributed by atoms with E-state index in [1.54, 1.807) is 12.4 Å². The quantitative estimate of drug-likeness (QED) is 0.487. The van der Waals surface area contributed by atoms with E-state index in [0.29, 0.717) is 22.1 Å². The predicted octanol–water partition coefficient (Wildman–Crippen LogP) is 0.871. The van der Waals surface area contributed by atoms with Crippen molar-refractivity contribution < 1.29 is 15.0 Å². The molecule has 0 aliphatic heterocycles. The summed E-state index contributed by atoms with van der Waals surface area (Å²) in [5.41, 5.74) is 1.39. The van der Waals surface area contributed by atoms with Crippen molar-refractivity contribution in [1.29, 1.82) is 0 Å². The summed E-state index contributed by atoms with van der Waals surface area (Å²) < 4.78 is 14.1. The highest BCUT2D eigenvalue weighted by Crippen LogP contribution is 2.30. The molecule has 1 atom stereocenters. The number of aliphatic hydroxyl groups excluding tert-OH is 1. The molecule has 0 amide bonds. The molecule has 0 bridgehead atoms. The van der Waals surface area contributed by atoms with Crippen LogP contribution >= 0.6 is 0 Å². The second-order valence-electron chi connectivity index (χ2n) is 4.30. The fraction of sp³-hybridized carbons (Fsp3) is 0.0769. The summed E-state index contributed by atoms with van der Waals surface area (Å²) in [6.07, 6.45) is 3.27. The second kappa shape index (κ2) is 4.97. The summed E-state index contributed by atoms with van der Waals surface area (Å²) >= 11 is 0. The number of aromatic nitrogens is 3. The molecule has 102 valence electrons. The number of nitrogens with two attached hydrogens (primary N) is 1. The molecule has 20 heavy (non-hydrogen) atoms. The molecule has 2 aromatic heterocycles. The fourth-order valence-corrected chi connectivity index (χ4v) is 2.14. The Morgan fingerprint density at radius 1 is 1.35 bits per heavy atom. The lowest BCUT2D eigenvalue weighted by atomic mass is 10.0. The summed E-state index contributed by atoms with van der Waals surface area (Å²) in [5, 5.41) is 21.7. The average Bonchev–Trinajstić information content (AvgIpc) is 2.91. The Bertz CT molecular complexity index is 759. The molecular weight excluding hydrogens is 263 g/mol. The van der Waals surface area contributed by atoms with Gasteiger partial charge >= 0.3 is 0 Å². The van der Waals surface area contributed by atoms with Crippen LogP contribution in [0.15, 0.2) is 36.9 Å². The van der Waals surface area contributed by atoms with Crippen LogP contribution < -0.4 is 5.48 Å². The molecule has 0 fully saturated rings. The van der Waals surface area contributed by atoms with Crippen molar-refractivity contribution in [3.63, 3.8) is 0 Å². The van der Waals surface area contributed by atoms with Gasteiger partial charge in [-0.15, -0.1) is 0 Å². The van der Waals surface area contributed by atoms with E-state index in [4.69, 9.17) is 0 Å². The SMILES string of the molecule is [O-][NH2+]c1cccc(C(O)c2c[nH]c3ncncc23)c1F. The normalized spacial score (nSPS) is 12.8. The van der Waals surface area contributed by atoms with Crippen molar-refractivity contribution >= 4 is 16.7 Å². The van der Waals surface area contributed by atoms with Crippen molar-refractivity contribution in [3.8, 4) is 0 Å². The van der Waals surface area contributed by atoms with Gasteiger partial charge in [0, 0.05) is 35.0 Å². The van der Waals surface area contributed by atoms with E-state index in [0.717, 1.165) is 0 Å². The first-order valence-electron chi connectivity index (χ1n) is 5.91. The van der Waals surface area contributed by atoms with E-state index >= 15 is 0 Å². The van der Waals surface area contributed by atoms with Crippen LogP contribution in [-0.2, 0) is 0 Å². The van der Waals surface area contributed by atoms with Gasteiger partial charge in [-0.3, -0.25) is 0 Å². The predicted molar refractivity (Wildman–Crippen MR) is 69.3 cm³/mol. The Hall–Kier alpha value is -2.35. The van der Waals surface area contributed by atoms with E-state index in [9.17, 15) is 14.7 Å². The van der Waals surface area contributed by atoms with Crippen LogP contribution in [0.4, 0.5) is 10.1 Å². The van der Waals surface area contributed by atoms with Crippen LogP contribution in [0.1, 0.15) is 17.2 Å². The van der Waals surface area contributed by atoms with Crippen LogP contribution in [0.25, 0.3) is 11.0 Å². The van der Waals surface area contributed by atoms with Gasteiger partial charge < -0.3 is 20.8 Å². The number of nitrogens with zero attached hydrogens (tertiary/aromatic N) is 2. The summed E-state index contributed by atoms with van der Waals surface area (Å²) in [6.45, 7) is 0. The average molecular weight is 274 g/mol. The smallest absolute Gasteiger partial charge is 0.190 e. The topological polar surface area (TPSA) is 101 Å². The molecular formula is C13H11FN4O2. The van der Waals surface area contributed by atoms with Gasteiger partial charge in [0.05, 0.1) is 0 Å². The third kappa shape index (κ3) is 1.94. The highest BCUT2D eigenvalue weighted by Gasteiger charge is 2.21. The molecule has 3 rings (SSSR count). The van der Waals surface area contributed by atoms with Gasteiger partial charge in [0.25, 0.3) is 0 Å². The zero-order chi connectivity index (χ0) is 14.1. The summed E-state index contributed by atoms with van der Waals surface area (Å²) in [4.78, 5) is 10.8. The molecule has 0 radical (unpaired) electrons. The van der Waals surface area contributed by atoms with Gasteiger partial charge in [-0.2, -0.15) is 4.39 Å². The maximum absolute atomic E-state index is 14.1. The van der Waals surface area contributed by atoms with E-state index < -0.39 is 11.9 Å². The van der Waals surface area contributed by atoms with Gasteiger partial charge in [0.2, 0.25) is 0 Å². The van der Waals surface area contributed by atoms with Crippen LogP contribution in [0.5, 0.6) is 0 Å². The standard InChI is InChI=1S/C13H11FN4O2/c14-11-7(2-1-3-10(11)18-20)12(19)8-5-16-13-9(8)4-15-6-17-13/h1-6,12,19H,18H2,(H,15,16,17).